The number of carbonyl (C=O) groups excluding carboxylic acids is 1. The zero-order chi connectivity index (χ0) is 15.5. The standard InChI is InChI=1S/C17H26O4/c1-11(2)13(18)21-10-16-5-12-4-15(3,7-16)8-17(6-12,9-16)14(19)20/h12,14,19-20H,1,4-10H2,2-3H3. The van der Waals surface area contributed by atoms with E-state index >= 15 is 0 Å². The van der Waals surface area contributed by atoms with E-state index < -0.39 is 11.7 Å². The highest BCUT2D eigenvalue weighted by Crippen LogP contribution is 2.70. The molecule has 0 aromatic carbocycles. The van der Waals surface area contributed by atoms with Crippen molar-refractivity contribution in [3.8, 4) is 0 Å². The van der Waals surface area contributed by atoms with Crippen LogP contribution < -0.4 is 0 Å². The number of ether oxygens (including phenoxy) is 1. The normalized spacial score (nSPS) is 44.1. The van der Waals surface area contributed by atoms with Crippen molar-refractivity contribution in [2.45, 2.75) is 58.7 Å². The summed E-state index contributed by atoms with van der Waals surface area (Å²) >= 11 is 0. The van der Waals surface area contributed by atoms with Crippen molar-refractivity contribution in [2.24, 2.45) is 22.2 Å². The van der Waals surface area contributed by atoms with Gasteiger partial charge in [0.1, 0.15) is 0 Å². The molecule has 0 amide bonds. The average Bonchev–Trinajstić information content (AvgIpc) is 2.32. The van der Waals surface area contributed by atoms with Gasteiger partial charge in [0.2, 0.25) is 0 Å². The van der Waals surface area contributed by atoms with Gasteiger partial charge in [0.05, 0.1) is 6.61 Å². The molecule has 0 spiro atoms. The first-order valence-corrected chi connectivity index (χ1v) is 7.87. The minimum atomic E-state index is -1.27. The van der Waals surface area contributed by atoms with Crippen LogP contribution in [0.2, 0.25) is 0 Å². The Morgan fingerprint density at radius 2 is 2.00 bits per heavy atom. The molecule has 4 nitrogen and oxygen atoms in total. The van der Waals surface area contributed by atoms with E-state index in [0.717, 1.165) is 38.5 Å². The molecule has 2 N–H and O–H groups in total. The minimum absolute atomic E-state index is 0.0804. The van der Waals surface area contributed by atoms with Crippen LogP contribution in [-0.4, -0.2) is 29.1 Å². The van der Waals surface area contributed by atoms with E-state index in [-0.39, 0.29) is 16.8 Å². The van der Waals surface area contributed by atoms with Crippen molar-refractivity contribution < 1.29 is 19.7 Å². The maximum atomic E-state index is 11.7. The van der Waals surface area contributed by atoms with E-state index in [4.69, 9.17) is 4.74 Å². The Morgan fingerprint density at radius 1 is 1.29 bits per heavy atom. The number of hydrogen-bond acceptors (Lipinski definition) is 4. The van der Waals surface area contributed by atoms with Crippen molar-refractivity contribution in [3.63, 3.8) is 0 Å². The van der Waals surface area contributed by atoms with Crippen molar-refractivity contribution in [2.75, 3.05) is 6.61 Å². The van der Waals surface area contributed by atoms with Gasteiger partial charge < -0.3 is 14.9 Å². The van der Waals surface area contributed by atoms with Crippen LogP contribution >= 0.6 is 0 Å². The van der Waals surface area contributed by atoms with Crippen LogP contribution in [0.5, 0.6) is 0 Å². The molecule has 21 heavy (non-hydrogen) atoms. The number of esters is 1. The first-order valence-electron chi connectivity index (χ1n) is 7.87. The second kappa shape index (κ2) is 4.56. The molecule has 0 saturated heterocycles. The summed E-state index contributed by atoms with van der Waals surface area (Å²) in [6.07, 6.45) is 4.50. The van der Waals surface area contributed by atoms with Crippen molar-refractivity contribution in [1.29, 1.82) is 0 Å². The van der Waals surface area contributed by atoms with Gasteiger partial charge in [-0.1, -0.05) is 13.5 Å². The highest BCUT2D eigenvalue weighted by molar-refractivity contribution is 5.86. The number of aliphatic hydroxyl groups excluding tert-OH is 1. The Bertz CT molecular complexity index is 485. The highest BCUT2D eigenvalue weighted by atomic mass is 16.5. The van der Waals surface area contributed by atoms with Crippen LogP contribution in [0.3, 0.4) is 0 Å². The molecule has 0 aromatic rings. The van der Waals surface area contributed by atoms with Gasteiger partial charge in [-0.2, -0.15) is 0 Å². The van der Waals surface area contributed by atoms with Crippen LogP contribution in [0.1, 0.15) is 52.4 Å². The first-order chi connectivity index (χ1) is 9.68. The van der Waals surface area contributed by atoms with E-state index in [9.17, 15) is 15.0 Å². The van der Waals surface area contributed by atoms with Gasteiger partial charge in [-0.25, -0.2) is 4.79 Å². The summed E-state index contributed by atoms with van der Waals surface area (Å²) in [4.78, 5) is 11.7. The summed E-state index contributed by atoms with van der Waals surface area (Å²) in [6, 6.07) is 0. The fraction of sp³-hybridized carbons (Fsp3) is 0.824. The predicted molar refractivity (Wildman–Crippen MR) is 78.2 cm³/mol. The third kappa shape index (κ3) is 2.42. The van der Waals surface area contributed by atoms with E-state index in [1.54, 1.807) is 6.92 Å². The van der Waals surface area contributed by atoms with Gasteiger partial charge in [0, 0.05) is 16.4 Å². The molecule has 4 saturated carbocycles. The molecule has 4 bridgehead atoms. The molecule has 118 valence electrons. The molecule has 4 fully saturated rings. The van der Waals surface area contributed by atoms with E-state index in [1.807, 2.05) is 0 Å². The van der Waals surface area contributed by atoms with Crippen LogP contribution in [0.25, 0.3) is 0 Å². The lowest BCUT2D eigenvalue weighted by molar-refractivity contribution is -0.251. The van der Waals surface area contributed by atoms with Crippen LogP contribution in [-0.2, 0) is 9.53 Å². The van der Waals surface area contributed by atoms with E-state index in [1.165, 1.54) is 0 Å². The largest absolute Gasteiger partial charge is 0.462 e. The fourth-order valence-electron chi connectivity index (χ4n) is 6.01. The Balaban J connectivity index is 1.83. The molecular weight excluding hydrogens is 268 g/mol. The molecular formula is C17H26O4. The maximum Gasteiger partial charge on any atom is 0.333 e. The lowest BCUT2D eigenvalue weighted by atomic mass is 9.40. The third-order valence-corrected chi connectivity index (χ3v) is 5.91. The second-order valence-corrected chi connectivity index (χ2v) is 8.41. The van der Waals surface area contributed by atoms with Gasteiger partial charge in [-0.15, -0.1) is 0 Å². The quantitative estimate of drug-likeness (QED) is 0.474. The molecule has 4 heteroatoms. The van der Waals surface area contributed by atoms with Gasteiger partial charge in [0.25, 0.3) is 0 Å². The smallest absolute Gasteiger partial charge is 0.333 e. The summed E-state index contributed by atoms with van der Waals surface area (Å²) in [7, 11) is 0. The zero-order valence-electron chi connectivity index (χ0n) is 13.0. The van der Waals surface area contributed by atoms with Gasteiger partial charge in [-0.3, -0.25) is 0 Å². The number of carbonyl (C=O) groups is 1. The number of hydrogen-bond donors (Lipinski definition) is 2. The summed E-state index contributed by atoms with van der Waals surface area (Å²) in [6.45, 7) is 7.92. The Hall–Kier alpha value is -0.870. The Kier molecular flexibility index (Phi) is 3.27. The molecule has 0 radical (unpaired) electrons. The first kappa shape index (κ1) is 15.0. The summed E-state index contributed by atoms with van der Waals surface area (Å²) < 4.78 is 5.46. The lowest BCUT2D eigenvalue weighted by Crippen LogP contribution is -2.60. The van der Waals surface area contributed by atoms with Crippen molar-refractivity contribution >= 4 is 5.97 Å². The highest BCUT2D eigenvalue weighted by Gasteiger charge is 2.64. The molecule has 4 aliphatic rings. The molecule has 0 heterocycles. The van der Waals surface area contributed by atoms with Crippen molar-refractivity contribution in [3.05, 3.63) is 12.2 Å². The Morgan fingerprint density at radius 3 is 2.57 bits per heavy atom. The summed E-state index contributed by atoms with van der Waals surface area (Å²) in [5.41, 5.74) is 0.0915. The van der Waals surface area contributed by atoms with Gasteiger partial charge in [0.15, 0.2) is 6.29 Å². The SMILES string of the molecule is C=C(C)C(=O)OCC12CC3CC(C)(C1)CC(C(O)O)(C3)C2. The van der Waals surface area contributed by atoms with Crippen LogP contribution in [0, 0.1) is 22.2 Å². The zero-order valence-corrected chi connectivity index (χ0v) is 13.0. The number of rotatable bonds is 4. The lowest BCUT2D eigenvalue weighted by Gasteiger charge is -2.66. The Labute approximate surface area is 126 Å². The fourth-order valence-corrected chi connectivity index (χ4v) is 6.01. The molecule has 4 atom stereocenters. The van der Waals surface area contributed by atoms with Crippen molar-refractivity contribution in [1.82, 2.24) is 0 Å². The maximum absolute atomic E-state index is 11.7. The summed E-state index contributed by atoms with van der Waals surface area (Å²) in [5, 5.41) is 19.9. The second-order valence-electron chi connectivity index (χ2n) is 8.41. The monoisotopic (exact) mass is 294 g/mol. The topological polar surface area (TPSA) is 66.8 Å². The van der Waals surface area contributed by atoms with E-state index in [0.29, 0.717) is 18.1 Å². The van der Waals surface area contributed by atoms with Crippen LogP contribution in [0.15, 0.2) is 12.2 Å². The molecule has 4 aliphatic carbocycles. The molecule has 4 unspecified atom stereocenters. The van der Waals surface area contributed by atoms with Gasteiger partial charge in [-0.05, 0) is 56.8 Å². The molecule has 0 aromatic heterocycles. The predicted octanol–water partition coefficient (Wildman–Crippen LogP) is 2.39. The molecule has 0 aliphatic heterocycles. The average molecular weight is 294 g/mol. The van der Waals surface area contributed by atoms with E-state index in [2.05, 4.69) is 13.5 Å². The minimum Gasteiger partial charge on any atom is -0.462 e. The van der Waals surface area contributed by atoms with Gasteiger partial charge >= 0.3 is 5.97 Å². The number of aliphatic hydroxyl groups is 2. The third-order valence-electron chi connectivity index (χ3n) is 5.91. The molecule has 4 rings (SSSR count). The van der Waals surface area contributed by atoms with Crippen LogP contribution in [0.4, 0.5) is 0 Å². The summed E-state index contributed by atoms with van der Waals surface area (Å²) in [5.74, 6) is 0.186.